The predicted octanol–water partition coefficient (Wildman–Crippen LogP) is 6.68. The molecule has 2 N–H and O–H groups in total. The van der Waals surface area contributed by atoms with E-state index in [4.69, 9.17) is 10.5 Å². The summed E-state index contributed by atoms with van der Waals surface area (Å²) in [5.74, 6) is 0.364. The van der Waals surface area contributed by atoms with Crippen LogP contribution in [0, 0.1) is 10.8 Å². The van der Waals surface area contributed by atoms with Crippen molar-refractivity contribution in [1.29, 1.82) is 0 Å². The van der Waals surface area contributed by atoms with Crippen LogP contribution in [-0.2, 0) is 0 Å². The lowest BCUT2D eigenvalue weighted by molar-refractivity contribution is -0.0506. The number of nitrogens with two attached hydrogens (primary N) is 1. The summed E-state index contributed by atoms with van der Waals surface area (Å²) < 4.78 is 31.5. The molecule has 2 aromatic rings. The number of anilines is 1. The number of Topliss-reactive ketones (excluding diaryl/α,β-unsaturated/α-hetero) is 1. The van der Waals surface area contributed by atoms with Gasteiger partial charge in [-0.25, -0.2) is 0 Å². The Labute approximate surface area is 223 Å². The van der Waals surface area contributed by atoms with Gasteiger partial charge in [0, 0.05) is 23.2 Å². The molecule has 0 amide bonds. The zero-order valence-corrected chi connectivity index (χ0v) is 24.0. The molecule has 3 unspecified atom stereocenters. The highest BCUT2D eigenvalue weighted by Gasteiger charge is 2.54. The number of rotatable bonds is 10. The van der Waals surface area contributed by atoms with Crippen molar-refractivity contribution in [3.8, 4) is 5.75 Å². The van der Waals surface area contributed by atoms with Gasteiger partial charge < -0.3 is 10.5 Å². The predicted molar refractivity (Wildman–Crippen MR) is 155 cm³/mol. The molecule has 3 rings (SSSR count). The molecule has 0 heterocycles. The minimum Gasteiger partial charge on any atom is -0.435 e. The molecule has 0 aromatic heterocycles. The number of hydrogen-bond acceptors (Lipinski definition) is 3. The van der Waals surface area contributed by atoms with Gasteiger partial charge in [0.05, 0.1) is 15.7 Å². The minimum absolute atomic E-state index is 0.0574. The summed E-state index contributed by atoms with van der Waals surface area (Å²) >= 11 is 0. The maximum atomic E-state index is 13.3. The van der Waals surface area contributed by atoms with Crippen LogP contribution < -0.4 is 10.5 Å². The number of alkyl halides is 2. The fraction of sp³-hybridized carbons (Fsp3) is 0.567. The van der Waals surface area contributed by atoms with E-state index in [0.717, 1.165) is 17.7 Å². The third-order valence-electron chi connectivity index (χ3n) is 8.85. The average Bonchev–Trinajstić information content (AvgIpc) is 2.76. The van der Waals surface area contributed by atoms with Gasteiger partial charge in [0.25, 0.3) is 0 Å². The van der Waals surface area contributed by atoms with Crippen molar-refractivity contribution in [2.45, 2.75) is 97.3 Å². The number of halogens is 2. The molecule has 200 valence electrons. The van der Waals surface area contributed by atoms with Crippen LogP contribution in [0.15, 0.2) is 36.4 Å². The molecule has 3 nitrogen and oxygen atoms in total. The molecule has 1 aliphatic rings. The van der Waals surface area contributed by atoms with Crippen LogP contribution in [0.5, 0.6) is 5.75 Å². The maximum Gasteiger partial charge on any atom is 0.387 e. The first kappa shape index (κ1) is 29.3. The Morgan fingerprint density at radius 2 is 1.78 bits per heavy atom. The van der Waals surface area contributed by atoms with E-state index in [1.54, 1.807) is 12.1 Å². The van der Waals surface area contributed by atoms with Gasteiger partial charge in [-0.1, -0.05) is 77.9 Å². The minimum atomic E-state index is -2.96. The molecule has 7 heteroatoms. The van der Waals surface area contributed by atoms with Crippen LogP contribution in [0.3, 0.4) is 0 Å². The van der Waals surface area contributed by atoms with Gasteiger partial charge >= 0.3 is 6.61 Å². The fourth-order valence-corrected chi connectivity index (χ4v) is 5.99. The highest BCUT2D eigenvalue weighted by atomic mass is 19.3. The van der Waals surface area contributed by atoms with Gasteiger partial charge in [0.15, 0.2) is 5.78 Å². The van der Waals surface area contributed by atoms with E-state index in [1.165, 1.54) is 11.6 Å². The molecule has 1 fully saturated rings. The van der Waals surface area contributed by atoms with Gasteiger partial charge in [-0.15, -0.1) is 0 Å². The topological polar surface area (TPSA) is 52.3 Å². The second-order valence-electron chi connectivity index (χ2n) is 13.5. The quantitative estimate of drug-likeness (QED) is 0.221. The third kappa shape index (κ3) is 6.23. The average molecular weight is 509 g/mol. The Bertz CT molecular complexity index is 1140. The van der Waals surface area contributed by atoms with E-state index < -0.39 is 6.61 Å². The molecule has 0 aliphatic heterocycles. The van der Waals surface area contributed by atoms with Crippen LogP contribution in [-0.4, -0.2) is 28.1 Å². The first-order valence-electron chi connectivity index (χ1n) is 13.4. The van der Waals surface area contributed by atoms with Crippen molar-refractivity contribution in [3.63, 3.8) is 0 Å². The van der Waals surface area contributed by atoms with Crippen LogP contribution in [0.4, 0.5) is 14.5 Å². The monoisotopic (exact) mass is 509 g/mol. The van der Waals surface area contributed by atoms with Gasteiger partial charge in [0.2, 0.25) is 0 Å². The van der Waals surface area contributed by atoms with Crippen molar-refractivity contribution >= 4 is 27.2 Å². The highest BCUT2D eigenvalue weighted by molar-refractivity contribution is 6.40. The van der Waals surface area contributed by atoms with Crippen molar-refractivity contribution in [2.75, 3.05) is 5.73 Å². The van der Waals surface area contributed by atoms with Crippen LogP contribution in [0.1, 0.15) is 113 Å². The lowest BCUT2D eigenvalue weighted by Gasteiger charge is -2.59. The molecular formula is C30H43B2F2NO2. The Hall–Kier alpha value is -2.30. The van der Waals surface area contributed by atoms with E-state index in [1.807, 2.05) is 35.6 Å². The summed E-state index contributed by atoms with van der Waals surface area (Å²) in [7, 11) is 3.99. The number of benzene rings is 2. The molecule has 0 saturated heterocycles. The Morgan fingerprint density at radius 1 is 1.14 bits per heavy atom. The standard InChI is InChI=1S/C30H43B2F2NO2/c1-17(21-14-19(11-12-23(21)35)22-15-28(3,4)29(22,5)6)13-18(2)26-20(24(36)16-30(7,31)32)9-8-10-25(26)37-27(33)34/h8-12,14,17-18,22,27H,13,15-16,31-32,35H2,1-7H3. The fourth-order valence-electron chi connectivity index (χ4n) is 5.99. The SMILES string of the molecule is BC(B)(C)CC(=O)c1cccc(OC(F)F)c1C(C)CC(C)c1cc(C2CC(C)(C)C2(C)C)ccc1N. The van der Waals surface area contributed by atoms with E-state index in [-0.39, 0.29) is 39.4 Å². The molecular weight excluding hydrogens is 466 g/mol. The lowest BCUT2D eigenvalue weighted by Crippen LogP contribution is -2.49. The van der Waals surface area contributed by atoms with E-state index in [2.05, 4.69) is 46.8 Å². The smallest absolute Gasteiger partial charge is 0.387 e. The first-order chi connectivity index (χ1) is 16.9. The summed E-state index contributed by atoms with van der Waals surface area (Å²) in [5.41, 5.74) is 11.0. The second-order valence-corrected chi connectivity index (χ2v) is 13.5. The van der Waals surface area contributed by atoms with Crippen LogP contribution in [0.25, 0.3) is 0 Å². The zero-order chi connectivity index (χ0) is 27.9. The third-order valence-corrected chi connectivity index (χ3v) is 8.85. The molecule has 0 spiro atoms. The van der Waals surface area contributed by atoms with Gasteiger partial charge in [-0.05, 0) is 64.7 Å². The zero-order valence-electron chi connectivity index (χ0n) is 24.0. The van der Waals surface area contributed by atoms with Gasteiger partial charge in [-0.3, -0.25) is 4.79 Å². The number of nitrogen functional groups attached to an aromatic ring is 1. The largest absolute Gasteiger partial charge is 0.435 e. The van der Waals surface area contributed by atoms with Crippen molar-refractivity contribution in [3.05, 3.63) is 58.7 Å². The molecule has 3 atom stereocenters. The normalized spacial score (nSPS) is 20.2. The lowest BCUT2D eigenvalue weighted by atomic mass is 9.45. The summed E-state index contributed by atoms with van der Waals surface area (Å²) in [4.78, 5) is 13.2. The first-order valence-corrected chi connectivity index (χ1v) is 13.4. The Morgan fingerprint density at radius 3 is 2.32 bits per heavy atom. The van der Waals surface area contributed by atoms with Crippen LogP contribution >= 0.6 is 0 Å². The summed E-state index contributed by atoms with van der Waals surface area (Å²) in [6.45, 7) is 12.4. The number of hydrogen-bond donors (Lipinski definition) is 1. The Balaban J connectivity index is 1.93. The highest BCUT2D eigenvalue weighted by Crippen LogP contribution is 2.64. The van der Waals surface area contributed by atoms with Crippen molar-refractivity contribution < 1.29 is 18.3 Å². The number of carbonyl (C=O) groups excluding carboxylic acids is 1. The molecule has 2 aromatic carbocycles. The van der Waals surface area contributed by atoms with Gasteiger partial charge in [-0.2, -0.15) is 8.78 Å². The number of carbonyl (C=O) groups is 1. The van der Waals surface area contributed by atoms with E-state index >= 15 is 0 Å². The van der Waals surface area contributed by atoms with Gasteiger partial charge in [0.1, 0.15) is 5.75 Å². The van der Waals surface area contributed by atoms with Crippen LogP contribution in [0.2, 0.25) is 5.21 Å². The van der Waals surface area contributed by atoms with E-state index in [9.17, 15) is 13.6 Å². The molecule has 0 bridgehead atoms. The summed E-state index contributed by atoms with van der Waals surface area (Å²) in [5, 5.41) is -0.219. The Kier molecular flexibility index (Phi) is 8.27. The van der Waals surface area contributed by atoms with E-state index in [0.29, 0.717) is 29.9 Å². The molecule has 0 radical (unpaired) electrons. The number of ketones is 1. The second kappa shape index (κ2) is 10.5. The summed E-state index contributed by atoms with van der Waals surface area (Å²) in [6, 6.07) is 11.3. The van der Waals surface area contributed by atoms with Crippen molar-refractivity contribution in [2.24, 2.45) is 10.8 Å². The molecule has 1 saturated carbocycles. The maximum absolute atomic E-state index is 13.3. The number of ether oxygens (including phenoxy) is 1. The summed E-state index contributed by atoms with van der Waals surface area (Å²) in [6.07, 6.45) is 2.10. The molecule has 37 heavy (non-hydrogen) atoms. The van der Waals surface area contributed by atoms with Crippen molar-refractivity contribution in [1.82, 2.24) is 0 Å². The molecule has 1 aliphatic carbocycles.